The van der Waals surface area contributed by atoms with Crippen LogP contribution in [0.15, 0.2) is 70.4 Å². The largest absolute Gasteiger partial charge is 0.497 e. The third-order valence-corrected chi connectivity index (χ3v) is 6.31. The van der Waals surface area contributed by atoms with E-state index in [-0.39, 0.29) is 11.2 Å². The number of ether oxygens (including phenoxy) is 2. The van der Waals surface area contributed by atoms with E-state index in [0.29, 0.717) is 13.1 Å². The summed E-state index contributed by atoms with van der Waals surface area (Å²) in [5.74, 6) is 1.66. The number of hydrogen-bond donors (Lipinski definition) is 0. The number of rotatable bonds is 9. The smallest absolute Gasteiger partial charge is 0.331 e. The van der Waals surface area contributed by atoms with Crippen molar-refractivity contribution in [2.75, 3.05) is 51.8 Å². The fraction of sp³-hybridized carbons (Fsp3) is 0.385. The molecule has 2 aromatic carbocycles. The van der Waals surface area contributed by atoms with Crippen LogP contribution in [0.5, 0.6) is 11.5 Å². The van der Waals surface area contributed by atoms with Gasteiger partial charge < -0.3 is 14.4 Å². The van der Waals surface area contributed by atoms with Crippen molar-refractivity contribution in [2.45, 2.75) is 19.5 Å². The first-order chi connectivity index (χ1) is 16.6. The van der Waals surface area contributed by atoms with Gasteiger partial charge in [0.25, 0.3) is 5.56 Å². The first kappa shape index (κ1) is 23.6. The van der Waals surface area contributed by atoms with E-state index in [1.807, 2.05) is 42.5 Å². The van der Waals surface area contributed by atoms with Crippen LogP contribution in [0.1, 0.15) is 12.0 Å². The Morgan fingerprint density at radius 3 is 2.26 bits per heavy atom. The number of nitrogens with zero attached hydrogens (tertiary/aromatic N) is 4. The summed E-state index contributed by atoms with van der Waals surface area (Å²) in [5.41, 5.74) is 1.57. The predicted molar refractivity (Wildman–Crippen MR) is 133 cm³/mol. The zero-order valence-corrected chi connectivity index (χ0v) is 19.9. The lowest BCUT2D eigenvalue weighted by Gasteiger charge is -2.36. The van der Waals surface area contributed by atoms with Gasteiger partial charge in [0.1, 0.15) is 11.5 Å². The summed E-state index contributed by atoms with van der Waals surface area (Å²) in [6, 6.07) is 17.1. The predicted octanol–water partition coefficient (Wildman–Crippen LogP) is 2.29. The first-order valence-corrected chi connectivity index (χ1v) is 11.6. The molecule has 0 spiro atoms. The van der Waals surface area contributed by atoms with Gasteiger partial charge in [0.15, 0.2) is 0 Å². The molecule has 3 aromatic rings. The number of piperazine rings is 1. The minimum atomic E-state index is -0.274. The van der Waals surface area contributed by atoms with Gasteiger partial charge >= 0.3 is 5.69 Å². The average Bonchev–Trinajstić information content (AvgIpc) is 2.88. The Hall–Kier alpha value is -3.52. The number of methoxy groups -OCH3 is 2. The Balaban J connectivity index is 1.32. The van der Waals surface area contributed by atoms with Crippen LogP contribution in [0.2, 0.25) is 0 Å². The maximum Gasteiger partial charge on any atom is 0.331 e. The standard InChI is InChI=1S/C26H32N4O4/c1-33-22-10-8-21(9-11-22)20-29-15-12-25(31)30(26(29)32)14-5-13-27-16-18-28(19-17-27)23-6-3-4-7-24(23)34-2/h3-4,6-12,15H,5,13-14,16-20H2,1-2H3. The molecule has 0 radical (unpaired) electrons. The summed E-state index contributed by atoms with van der Waals surface area (Å²) in [6.07, 6.45) is 2.32. The van der Waals surface area contributed by atoms with Crippen molar-refractivity contribution in [3.05, 3.63) is 87.2 Å². The van der Waals surface area contributed by atoms with Gasteiger partial charge in [-0.15, -0.1) is 0 Å². The fourth-order valence-corrected chi connectivity index (χ4v) is 4.37. The first-order valence-electron chi connectivity index (χ1n) is 11.6. The molecule has 8 heteroatoms. The lowest BCUT2D eigenvalue weighted by atomic mass is 10.2. The van der Waals surface area contributed by atoms with Gasteiger partial charge in [-0.3, -0.25) is 18.8 Å². The molecular weight excluding hydrogens is 432 g/mol. The van der Waals surface area contributed by atoms with Gasteiger partial charge in [-0.1, -0.05) is 24.3 Å². The van der Waals surface area contributed by atoms with Crippen molar-refractivity contribution in [1.82, 2.24) is 14.0 Å². The van der Waals surface area contributed by atoms with Crippen LogP contribution in [0.25, 0.3) is 0 Å². The summed E-state index contributed by atoms with van der Waals surface area (Å²) < 4.78 is 13.6. The van der Waals surface area contributed by atoms with Gasteiger partial charge in [-0.05, 0) is 42.8 Å². The van der Waals surface area contributed by atoms with Crippen LogP contribution in [-0.4, -0.2) is 61.0 Å². The molecule has 8 nitrogen and oxygen atoms in total. The van der Waals surface area contributed by atoms with E-state index in [2.05, 4.69) is 15.9 Å². The molecule has 0 atom stereocenters. The van der Waals surface area contributed by atoms with Crippen LogP contribution < -0.4 is 25.6 Å². The quantitative estimate of drug-likeness (QED) is 0.484. The molecule has 4 rings (SSSR count). The van der Waals surface area contributed by atoms with Gasteiger partial charge in [0.05, 0.1) is 26.5 Å². The number of aromatic nitrogens is 2. The summed E-state index contributed by atoms with van der Waals surface area (Å²) in [4.78, 5) is 30.0. The maximum atomic E-state index is 12.9. The molecule has 1 aliphatic rings. The molecule has 34 heavy (non-hydrogen) atoms. The zero-order chi connectivity index (χ0) is 23.9. The summed E-state index contributed by atoms with van der Waals surface area (Å²) in [5, 5.41) is 0. The van der Waals surface area contributed by atoms with E-state index in [0.717, 1.165) is 61.9 Å². The highest BCUT2D eigenvalue weighted by Crippen LogP contribution is 2.28. The number of hydrogen-bond acceptors (Lipinski definition) is 6. The van der Waals surface area contributed by atoms with Crippen LogP contribution >= 0.6 is 0 Å². The summed E-state index contributed by atoms with van der Waals surface area (Å²) in [6.45, 7) is 5.37. The molecule has 0 bridgehead atoms. The molecule has 1 saturated heterocycles. The minimum Gasteiger partial charge on any atom is -0.497 e. The van der Waals surface area contributed by atoms with E-state index in [1.54, 1.807) is 25.0 Å². The Bertz CT molecular complexity index is 1190. The Kier molecular flexibility index (Phi) is 7.69. The van der Waals surface area contributed by atoms with Crippen molar-refractivity contribution < 1.29 is 9.47 Å². The molecule has 0 amide bonds. The van der Waals surface area contributed by atoms with Crippen molar-refractivity contribution in [3.8, 4) is 11.5 Å². The van der Waals surface area contributed by atoms with Gasteiger partial charge in [0, 0.05) is 45.0 Å². The average molecular weight is 465 g/mol. The molecule has 2 heterocycles. The van der Waals surface area contributed by atoms with E-state index >= 15 is 0 Å². The molecule has 180 valence electrons. The number of para-hydroxylation sites is 2. The summed E-state index contributed by atoms with van der Waals surface area (Å²) in [7, 11) is 3.32. The highest BCUT2D eigenvalue weighted by Gasteiger charge is 2.19. The lowest BCUT2D eigenvalue weighted by Crippen LogP contribution is -2.47. The van der Waals surface area contributed by atoms with Crippen LogP contribution in [0.4, 0.5) is 5.69 Å². The van der Waals surface area contributed by atoms with Gasteiger partial charge in [-0.25, -0.2) is 4.79 Å². The Labute approximate surface area is 199 Å². The van der Waals surface area contributed by atoms with E-state index in [4.69, 9.17) is 9.47 Å². The SMILES string of the molecule is COc1ccc(Cn2ccc(=O)n(CCCN3CCN(c4ccccc4OC)CC3)c2=O)cc1. The third kappa shape index (κ3) is 5.51. The normalized spacial score (nSPS) is 14.2. The molecule has 1 aliphatic heterocycles. The highest BCUT2D eigenvalue weighted by molar-refractivity contribution is 5.58. The summed E-state index contributed by atoms with van der Waals surface area (Å²) >= 11 is 0. The number of benzene rings is 2. The van der Waals surface area contributed by atoms with Crippen molar-refractivity contribution in [3.63, 3.8) is 0 Å². The third-order valence-electron chi connectivity index (χ3n) is 6.31. The van der Waals surface area contributed by atoms with Crippen molar-refractivity contribution in [2.24, 2.45) is 0 Å². The molecule has 1 fully saturated rings. The zero-order valence-electron chi connectivity index (χ0n) is 19.9. The molecule has 0 N–H and O–H groups in total. The van der Waals surface area contributed by atoms with Gasteiger partial charge in [0.2, 0.25) is 0 Å². The second-order valence-corrected chi connectivity index (χ2v) is 8.42. The van der Waals surface area contributed by atoms with Crippen LogP contribution in [0.3, 0.4) is 0 Å². The van der Waals surface area contributed by atoms with Crippen molar-refractivity contribution >= 4 is 5.69 Å². The molecular formula is C26H32N4O4. The molecule has 0 saturated carbocycles. The fourth-order valence-electron chi connectivity index (χ4n) is 4.37. The van der Waals surface area contributed by atoms with E-state index < -0.39 is 0 Å². The van der Waals surface area contributed by atoms with Crippen molar-refractivity contribution in [1.29, 1.82) is 0 Å². The Morgan fingerprint density at radius 2 is 1.56 bits per heavy atom. The lowest BCUT2D eigenvalue weighted by molar-refractivity contribution is 0.248. The molecule has 0 aliphatic carbocycles. The van der Waals surface area contributed by atoms with E-state index in [1.165, 1.54) is 10.6 Å². The topological polar surface area (TPSA) is 68.9 Å². The second kappa shape index (κ2) is 11.1. The second-order valence-electron chi connectivity index (χ2n) is 8.42. The Morgan fingerprint density at radius 1 is 0.824 bits per heavy atom. The van der Waals surface area contributed by atoms with Crippen LogP contribution in [0, 0.1) is 0 Å². The van der Waals surface area contributed by atoms with Crippen LogP contribution in [-0.2, 0) is 13.1 Å². The van der Waals surface area contributed by atoms with E-state index in [9.17, 15) is 9.59 Å². The maximum absolute atomic E-state index is 12.9. The molecule has 1 aromatic heterocycles. The minimum absolute atomic E-state index is 0.253. The number of anilines is 1. The highest BCUT2D eigenvalue weighted by atomic mass is 16.5. The molecule has 0 unspecified atom stereocenters. The van der Waals surface area contributed by atoms with Gasteiger partial charge in [-0.2, -0.15) is 0 Å². The monoisotopic (exact) mass is 464 g/mol.